The number of aryl methyl sites for hydroxylation is 1. The van der Waals surface area contributed by atoms with Crippen LogP contribution < -0.4 is 10.3 Å². The van der Waals surface area contributed by atoms with E-state index in [0.717, 1.165) is 43.1 Å². The zero-order valence-corrected chi connectivity index (χ0v) is 14.4. The standard InChI is InChI=1S/C19H25N3O2/c1-3-15-12-19(23)21-18(20-15)13-22-10-6-8-16(22)11-14-7-4-5-9-17(14)24-2/h4-5,7,9,12,16H,3,6,8,10-11,13H2,1-2H3,(H,20,21,23). The van der Waals surface area contributed by atoms with Gasteiger partial charge in [0.2, 0.25) is 0 Å². The summed E-state index contributed by atoms with van der Waals surface area (Å²) in [5, 5.41) is 0. The first kappa shape index (κ1) is 16.7. The highest BCUT2D eigenvalue weighted by atomic mass is 16.5. The van der Waals surface area contributed by atoms with Crippen LogP contribution in [0.4, 0.5) is 0 Å². The molecule has 2 heterocycles. The number of para-hydroxylation sites is 1. The molecule has 5 heteroatoms. The van der Waals surface area contributed by atoms with Crippen LogP contribution in [0.25, 0.3) is 0 Å². The number of ether oxygens (including phenoxy) is 1. The summed E-state index contributed by atoms with van der Waals surface area (Å²) in [7, 11) is 1.72. The fourth-order valence-corrected chi connectivity index (χ4v) is 3.47. The number of H-pyrrole nitrogens is 1. The minimum Gasteiger partial charge on any atom is -0.496 e. The van der Waals surface area contributed by atoms with Gasteiger partial charge in [-0.15, -0.1) is 0 Å². The lowest BCUT2D eigenvalue weighted by Crippen LogP contribution is -2.32. The molecule has 24 heavy (non-hydrogen) atoms. The molecular formula is C19H25N3O2. The zero-order valence-electron chi connectivity index (χ0n) is 14.4. The van der Waals surface area contributed by atoms with Crippen LogP contribution in [0.2, 0.25) is 0 Å². The van der Waals surface area contributed by atoms with E-state index in [0.29, 0.717) is 12.6 Å². The Hall–Kier alpha value is -2.14. The average Bonchev–Trinajstić information content (AvgIpc) is 3.01. The van der Waals surface area contributed by atoms with Crippen molar-refractivity contribution in [2.75, 3.05) is 13.7 Å². The van der Waals surface area contributed by atoms with Crippen LogP contribution in [0.1, 0.15) is 36.8 Å². The largest absolute Gasteiger partial charge is 0.496 e. The van der Waals surface area contributed by atoms with Crippen molar-refractivity contribution >= 4 is 0 Å². The third-order valence-corrected chi connectivity index (χ3v) is 4.71. The molecule has 1 aliphatic rings. The summed E-state index contributed by atoms with van der Waals surface area (Å²) < 4.78 is 5.48. The first-order valence-electron chi connectivity index (χ1n) is 8.64. The summed E-state index contributed by atoms with van der Waals surface area (Å²) in [5.41, 5.74) is 2.03. The normalized spacial score (nSPS) is 18.0. The zero-order chi connectivity index (χ0) is 16.9. The third kappa shape index (κ3) is 3.85. The Labute approximate surface area is 142 Å². The van der Waals surface area contributed by atoms with Crippen molar-refractivity contribution in [2.45, 2.75) is 45.2 Å². The second kappa shape index (κ2) is 7.62. The van der Waals surface area contributed by atoms with Gasteiger partial charge in [-0.3, -0.25) is 9.69 Å². The molecule has 1 aromatic carbocycles. The number of methoxy groups -OCH3 is 1. The predicted octanol–water partition coefficient (Wildman–Crippen LogP) is 2.55. The minimum absolute atomic E-state index is 0.0580. The molecule has 1 aromatic heterocycles. The van der Waals surface area contributed by atoms with E-state index in [4.69, 9.17) is 4.74 Å². The maximum absolute atomic E-state index is 11.8. The van der Waals surface area contributed by atoms with E-state index in [9.17, 15) is 4.79 Å². The van der Waals surface area contributed by atoms with Crippen molar-refractivity contribution in [1.82, 2.24) is 14.9 Å². The molecule has 1 saturated heterocycles. The van der Waals surface area contributed by atoms with Crippen LogP contribution in [0.3, 0.4) is 0 Å². The molecule has 0 saturated carbocycles. The SMILES string of the molecule is CCc1cc(=O)[nH]c(CN2CCCC2Cc2ccccc2OC)n1. The fraction of sp³-hybridized carbons (Fsp3) is 0.474. The second-order valence-electron chi connectivity index (χ2n) is 6.32. The number of nitrogens with one attached hydrogen (secondary N) is 1. The van der Waals surface area contributed by atoms with E-state index in [-0.39, 0.29) is 5.56 Å². The summed E-state index contributed by atoms with van der Waals surface area (Å²) in [4.78, 5) is 21.6. The summed E-state index contributed by atoms with van der Waals surface area (Å²) in [6, 6.07) is 10.2. The number of aromatic nitrogens is 2. The van der Waals surface area contributed by atoms with Crippen LogP contribution in [0.5, 0.6) is 5.75 Å². The molecule has 1 N–H and O–H groups in total. The lowest BCUT2D eigenvalue weighted by molar-refractivity contribution is 0.236. The highest BCUT2D eigenvalue weighted by Gasteiger charge is 2.26. The summed E-state index contributed by atoms with van der Waals surface area (Å²) in [5.74, 6) is 1.72. The molecule has 0 amide bonds. The third-order valence-electron chi connectivity index (χ3n) is 4.71. The van der Waals surface area contributed by atoms with Gasteiger partial charge in [-0.05, 0) is 43.9 Å². The van der Waals surface area contributed by atoms with E-state index in [1.807, 2.05) is 19.1 Å². The molecule has 1 unspecified atom stereocenters. The van der Waals surface area contributed by atoms with E-state index >= 15 is 0 Å². The first-order valence-corrected chi connectivity index (χ1v) is 8.64. The second-order valence-corrected chi connectivity index (χ2v) is 6.32. The first-order chi connectivity index (χ1) is 11.7. The number of benzene rings is 1. The van der Waals surface area contributed by atoms with Crippen molar-refractivity contribution in [1.29, 1.82) is 0 Å². The van der Waals surface area contributed by atoms with Crippen LogP contribution >= 0.6 is 0 Å². The Morgan fingerprint density at radius 1 is 1.38 bits per heavy atom. The molecule has 1 atom stereocenters. The lowest BCUT2D eigenvalue weighted by Gasteiger charge is -2.24. The number of likely N-dealkylation sites (tertiary alicyclic amines) is 1. The Bertz CT molecular complexity index is 741. The maximum Gasteiger partial charge on any atom is 0.251 e. The Balaban J connectivity index is 1.74. The average molecular weight is 327 g/mol. The molecule has 0 radical (unpaired) electrons. The number of hydrogen-bond donors (Lipinski definition) is 1. The van der Waals surface area contributed by atoms with Crippen LogP contribution in [-0.2, 0) is 19.4 Å². The van der Waals surface area contributed by atoms with E-state index < -0.39 is 0 Å². The summed E-state index contributed by atoms with van der Waals surface area (Å²) in [6.07, 6.45) is 4.08. The fourth-order valence-electron chi connectivity index (χ4n) is 3.47. The Morgan fingerprint density at radius 3 is 3.00 bits per heavy atom. The van der Waals surface area contributed by atoms with Crippen molar-refractivity contribution in [3.63, 3.8) is 0 Å². The van der Waals surface area contributed by atoms with Gasteiger partial charge in [-0.1, -0.05) is 25.1 Å². The van der Waals surface area contributed by atoms with Gasteiger partial charge in [-0.25, -0.2) is 4.98 Å². The molecule has 1 aliphatic heterocycles. The van der Waals surface area contributed by atoms with Gasteiger partial charge in [0.05, 0.1) is 13.7 Å². The molecule has 2 aromatic rings. The number of hydrogen-bond acceptors (Lipinski definition) is 4. The maximum atomic E-state index is 11.8. The topological polar surface area (TPSA) is 58.2 Å². The molecule has 128 valence electrons. The molecule has 1 fully saturated rings. The molecule has 5 nitrogen and oxygen atoms in total. The minimum atomic E-state index is -0.0580. The summed E-state index contributed by atoms with van der Waals surface area (Å²) in [6.45, 7) is 3.76. The molecule has 0 spiro atoms. The summed E-state index contributed by atoms with van der Waals surface area (Å²) >= 11 is 0. The van der Waals surface area contributed by atoms with E-state index in [1.165, 1.54) is 12.0 Å². The lowest BCUT2D eigenvalue weighted by atomic mass is 10.0. The quantitative estimate of drug-likeness (QED) is 0.886. The van der Waals surface area contributed by atoms with Crippen LogP contribution in [0, 0.1) is 0 Å². The van der Waals surface area contributed by atoms with Gasteiger partial charge in [0.25, 0.3) is 5.56 Å². The van der Waals surface area contributed by atoms with Crippen LogP contribution in [-0.4, -0.2) is 34.6 Å². The van der Waals surface area contributed by atoms with Gasteiger partial charge in [0.1, 0.15) is 11.6 Å². The molecule has 0 aliphatic carbocycles. The predicted molar refractivity (Wildman–Crippen MR) is 94.4 cm³/mol. The van der Waals surface area contributed by atoms with E-state index in [1.54, 1.807) is 13.2 Å². The van der Waals surface area contributed by atoms with Crippen LogP contribution in [0.15, 0.2) is 35.1 Å². The number of rotatable bonds is 6. The Morgan fingerprint density at radius 2 is 2.21 bits per heavy atom. The van der Waals surface area contributed by atoms with Gasteiger partial charge in [0.15, 0.2) is 0 Å². The van der Waals surface area contributed by atoms with Crippen molar-refractivity contribution in [3.05, 3.63) is 57.8 Å². The number of aromatic amines is 1. The van der Waals surface area contributed by atoms with Crippen molar-refractivity contribution < 1.29 is 4.74 Å². The van der Waals surface area contributed by atoms with Gasteiger partial charge < -0.3 is 9.72 Å². The van der Waals surface area contributed by atoms with Crippen molar-refractivity contribution in [3.8, 4) is 5.75 Å². The number of nitrogens with zero attached hydrogens (tertiary/aromatic N) is 2. The van der Waals surface area contributed by atoms with Gasteiger partial charge >= 0.3 is 0 Å². The van der Waals surface area contributed by atoms with Gasteiger partial charge in [0, 0.05) is 17.8 Å². The van der Waals surface area contributed by atoms with Gasteiger partial charge in [-0.2, -0.15) is 0 Å². The highest BCUT2D eigenvalue weighted by Crippen LogP contribution is 2.26. The van der Waals surface area contributed by atoms with E-state index in [2.05, 4.69) is 27.0 Å². The molecular weight excluding hydrogens is 302 g/mol. The smallest absolute Gasteiger partial charge is 0.251 e. The molecule has 3 rings (SSSR count). The monoisotopic (exact) mass is 327 g/mol. The molecule has 0 bridgehead atoms. The van der Waals surface area contributed by atoms with Crippen molar-refractivity contribution in [2.24, 2.45) is 0 Å². The highest BCUT2D eigenvalue weighted by molar-refractivity contribution is 5.34. The Kier molecular flexibility index (Phi) is 5.30.